The summed E-state index contributed by atoms with van der Waals surface area (Å²) in [5.41, 5.74) is 12.8. The van der Waals surface area contributed by atoms with Crippen molar-refractivity contribution in [1.29, 1.82) is 0 Å². The highest BCUT2D eigenvalue weighted by Crippen LogP contribution is 2.19. The van der Waals surface area contributed by atoms with Gasteiger partial charge in [0.25, 0.3) is 0 Å². The first-order valence-corrected chi connectivity index (χ1v) is 5.00. The van der Waals surface area contributed by atoms with Crippen LogP contribution in [0.25, 0.3) is 0 Å². The first-order valence-electron chi connectivity index (χ1n) is 4.62. The van der Waals surface area contributed by atoms with E-state index in [0.29, 0.717) is 5.02 Å². The van der Waals surface area contributed by atoms with E-state index < -0.39 is 0 Å². The molecule has 0 amide bonds. The van der Waals surface area contributed by atoms with E-state index in [1.807, 2.05) is 19.1 Å². The zero-order valence-corrected chi connectivity index (χ0v) is 9.92. The summed E-state index contributed by atoms with van der Waals surface area (Å²) < 4.78 is 0. The molecule has 0 saturated heterocycles. The van der Waals surface area contributed by atoms with Crippen LogP contribution in [0.15, 0.2) is 28.2 Å². The Morgan fingerprint density at radius 2 is 2.06 bits per heavy atom. The van der Waals surface area contributed by atoms with Crippen LogP contribution in [0, 0.1) is 6.92 Å². The van der Waals surface area contributed by atoms with Crippen LogP contribution in [0.5, 0.6) is 0 Å². The fourth-order valence-corrected chi connectivity index (χ4v) is 1.33. The second kappa shape index (κ2) is 5.37. The molecule has 0 saturated carbocycles. The molecular formula is C10H14ClN5. The topological polar surface area (TPSA) is 88.8 Å². The van der Waals surface area contributed by atoms with Crippen molar-refractivity contribution in [3.05, 3.63) is 28.8 Å². The minimum atomic E-state index is 0.122. The molecule has 1 aromatic rings. The lowest BCUT2D eigenvalue weighted by atomic mass is 10.2. The summed E-state index contributed by atoms with van der Waals surface area (Å²) in [6.45, 7) is 1.92. The molecule has 86 valence electrons. The van der Waals surface area contributed by atoms with Gasteiger partial charge < -0.3 is 16.8 Å². The van der Waals surface area contributed by atoms with E-state index in [1.54, 1.807) is 13.1 Å². The Balaban J connectivity index is 2.85. The Hall–Kier alpha value is -1.75. The quantitative estimate of drug-likeness (QED) is 0.510. The lowest BCUT2D eigenvalue weighted by molar-refractivity contribution is 1.34. The van der Waals surface area contributed by atoms with Crippen LogP contribution in [0.2, 0.25) is 5.02 Å². The van der Waals surface area contributed by atoms with Crippen molar-refractivity contribution < 1.29 is 0 Å². The number of nitrogens with two attached hydrogens (primary N) is 2. The predicted octanol–water partition coefficient (Wildman–Crippen LogP) is 1.32. The molecule has 6 heteroatoms. The molecule has 1 rings (SSSR count). The molecule has 0 aliphatic rings. The monoisotopic (exact) mass is 239 g/mol. The number of nitrogens with zero attached hydrogens (tertiary/aromatic N) is 2. The normalized spacial score (nSPS) is 12.7. The first-order chi connectivity index (χ1) is 7.52. The summed E-state index contributed by atoms with van der Waals surface area (Å²) in [5.74, 6) is 0.310. The molecule has 5 N–H and O–H groups in total. The average Bonchev–Trinajstić information content (AvgIpc) is 2.22. The van der Waals surface area contributed by atoms with Gasteiger partial charge in [0, 0.05) is 17.8 Å². The molecule has 0 aliphatic carbocycles. The summed E-state index contributed by atoms with van der Waals surface area (Å²) in [4.78, 5) is 7.50. The molecule has 0 fully saturated rings. The van der Waals surface area contributed by atoms with E-state index >= 15 is 0 Å². The van der Waals surface area contributed by atoms with Gasteiger partial charge in [-0.05, 0) is 30.7 Å². The average molecular weight is 240 g/mol. The Bertz CT molecular complexity index is 439. The van der Waals surface area contributed by atoms with Crippen LogP contribution in [0.3, 0.4) is 0 Å². The minimum absolute atomic E-state index is 0.122. The van der Waals surface area contributed by atoms with Gasteiger partial charge in [0.05, 0.1) is 0 Å². The van der Waals surface area contributed by atoms with Gasteiger partial charge in [-0.25, -0.2) is 0 Å². The van der Waals surface area contributed by atoms with Gasteiger partial charge in [-0.1, -0.05) is 11.6 Å². The minimum Gasteiger partial charge on any atom is -0.369 e. The van der Waals surface area contributed by atoms with Crippen molar-refractivity contribution in [3.8, 4) is 0 Å². The summed E-state index contributed by atoms with van der Waals surface area (Å²) in [6, 6.07) is 5.41. The third-order valence-corrected chi connectivity index (χ3v) is 2.15. The number of aryl methyl sites for hydroxylation is 1. The Kier molecular flexibility index (Phi) is 4.13. The second-order valence-electron chi connectivity index (χ2n) is 3.16. The van der Waals surface area contributed by atoms with Crippen molar-refractivity contribution in [2.24, 2.45) is 21.5 Å². The highest BCUT2D eigenvalue weighted by molar-refractivity contribution is 6.30. The van der Waals surface area contributed by atoms with Gasteiger partial charge in [-0.2, -0.15) is 4.99 Å². The van der Waals surface area contributed by atoms with E-state index in [9.17, 15) is 0 Å². The highest BCUT2D eigenvalue weighted by atomic mass is 35.5. The number of aliphatic imine (C=N–C) groups is 2. The van der Waals surface area contributed by atoms with E-state index in [2.05, 4.69) is 15.3 Å². The molecule has 5 nitrogen and oxygen atoms in total. The zero-order chi connectivity index (χ0) is 12.1. The maximum atomic E-state index is 5.83. The molecule has 0 aromatic heterocycles. The molecule has 0 spiro atoms. The van der Waals surface area contributed by atoms with Crippen LogP contribution < -0.4 is 16.8 Å². The lowest BCUT2D eigenvalue weighted by Crippen LogP contribution is -2.26. The third-order valence-electron chi connectivity index (χ3n) is 1.92. The predicted molar refractivity (Wildman–Crippen MR) is 69.0 cm³/mol. The van der Waals surface area contributed by atoms with Crippen molar-refractivity contribution in [2.45, 2.75) is 6.92 Å². The maximum Gasteiger partial charge on any atom is 0.218 e. The maximum absolute atomic E-state index is 5.83. The summed E-state index contributed by atoms with van der Waals surface area (Å²) in [6.07, 6.45) is 0. The van der Waals surface area contributed by atoms with E-state index in [1.165, 1.54) is 0 Å². The van der Waals surface area contributed by atoms with Gasteiger partial charge in [0.15, 0.2) is 0 Å². The van der Waals surface area contributed by atoms with Gasteiger partial charge in [0.1, 0.15) is 0 Å². The number of hydrogen-bond donors (Lipinski definition) is 3. The molecule has 1 aromatic carbocycles. The van der Waals surface area contributed by atoms with Crippen molar-refractivity contribution >= 4 is 29.2 Å². The van der Waals surface area contributed by atoms with Crippen LogP contribution >= 0.6 is 11.6 Å². The highest BCUT2D eigenvalue weighted by Gasteiger charge is 2.00. The molecule has 0 radical (unpaired) electrons. The number of hydrogen-bond acceptors (Lipinski definition) is 1. The number of halogens is 1. The van der Waals surface area contributed by atoms with Gasteiger partial charge in [-0.3, -0.25) is 4.99 Å². The zero-order valence-electron chi connectivity index (χ0n) is 9.16. The van der Waals surface area contributed by atoms with Crippen molar-refractivity contribution in [3.63, 3.8) is 0 Å². The molecule has 0 aliphatic heterocycles. The number of anilines is 1. The number of nitrogens with one attached hydrogen (secondary N) is 1. The number of guanidine groups is 2. The van der Waals surface area contributed by atoms with Crippen LogP contribution in [0.4, 0.5) is 5.69 Å². The largest absolute Gasteiger partial charge is 0.369 e. The van der Waals surface area contributed by atoms with E-state index in [4.69, 9.17) is 23.1 Å². The Morgan fingerprint density at radius 1 is 1.38 bits per heavy atom. The molecule has 0 unspecified atom stereocenters. The molecule has 0 atom stereocenters. The smallest absolute Gasteiger partial charge is 0.218 e. The number of benzene rings is 1. The Labute approximate surface area is 99.2 Å². The van der Waals surface area contributed by atoms with Crippen LogP contribution in [-0.4, -0.2) is 19.0 Å². The number of rotatable bonds is 1. The standard InChI is InChI=1S/C10H14ClN5/c1-6-5-7(11)3-4-8(6)15-10(13)16-9(12)14-2/h3-5H,1-2H3,(H5,12,13,14,15,16). The fourth-order valence-electron chi connectivity index (χ4n) is 1.11. The molecule has 0 heterocycles. The summed E-state index contributed by atoms with van der Waals surface area (Å²) >= 11 is 5.83. The van der Waals surface area contributed by atoms with Crippen molar-refractivity contribution in [2.75, 3.05) is 12.4 Å². The third kappa shape index (κ3) is 3.43. The summed E-state index contributed by atoms with van der Waals surface area (Å²) in [7, 11) is 1.54. The molecular weight excluding hydrogens is 226 g/mol. The van der Waals surface area contributed by atoms with Crippen LogP contribution in [0.1, 0.15) is 5.56 Å². The van der Waals surface area contributed by atoms with Gasteiger partial charge >= 0.3 is 0 Å². The lowest BCUT2D eigenvalue weighted by Gasteiger charge is -2.08. The molecule has 16 heavy (non-hydrogen) atoms. The van der Waals surface area contributed by atoms with Gasteiger partial charge in [-0.15, -0.1) is 0 Å². The van der Waals surface area contributed by atoms with Gasteiger partial charge in [0.2, 0.25) is 11.9 Å². The fraction of sp³-hybridized carbons (Fsp3) is 0.200. The summed E-state index contributed by atoms with van der Waals surface area (Å²) in [5, 5.41) is 3.59. The van der Waals surface area contributed by atoms with Crippen molar-refractivity contribution in [1.82, 2.24) is 0 Å². The molecule has 0 bridgehead atoms. The SMILES string of the molecule is CN=C(N)/N=C(\N)Nc1ccc(Cl)cc1C. The first kappa shape index (κ1) is 12.3. The van der Waals surface area contributed by atoms with E-state index in [-0.39, 0.29) is 11.9 Å². The second-order valence-corrected chi connectivity index (χ2v) is 3.60. The Morgan fingerprint density at radius 3 is 2.62 bits per heavy atom. The van der Waals surface area contributed by atoms with Crippen LogP contribution in [-0.2, 0) is 0 Å². The van der Waals surface area contributed by atoms with E-state index in [0.717, 1.165) is 11.3 Å².